The summed E-state index contributed by atoms with van der Waals surface area (Å²) in [5.41, 5.74) is 4.82. The van der Waals surface area contributed by atoms with Crippen molar-refractivity contribution in [2.24, 2.45) is 5.41 Å². The summed E-state index contributed by atoms with van der Waals surface area (Å²) in [7, 11) is 0. The second-order valence-electron chi connectivity index (χ2n) is 6.65. The fraction of sp³-hybridized carbons (Fsp3) is 0.684. The number of aryl methyl sites for hydroxylation is 2. The van der Waals surface area contributed by atoms with E-state index in [1.165, 1.54) is 55.2 Å². The first-order valence-electron chi connectivity index (χ1n) is 8.43. The Morgan fingerprint density at radius 2 is 1.80 bits per heavy atom. The molecule has 0 aromatic heterocycles. The molecular weight excluding hydrogens is 242 g/mol. The maximum Gasteiger partial charge on any atom is 0.0377 e. The van der Waals surface area contributed by atoms with Crippen molar-refractivity contribution in [3.05, 3.63) is 34.9 Å². The summed E-state index contributed by atoms with van der Waals surface area (Å²) in [5, 5.41) is 3.87. The van der Waals surface area contributed by atoms with Crippen molar-refractivity contribution in [1.82, 2.24) is 5.32 Å². The minimum Gasteiger partial charge on any atom is -0.309 e. The van der Waals surface area contributed by atoms with Crippen LogP contribution >= 0.6 is 0 Å². The van der Waals surface area contributed by atoms with Crippen molar-refractivity contribution in [3.8, 4) is 0 Å². The highest BCUT2D eigenvalue weighted by Gasteiger charge is 2.40. The summed E-state index contributed by atoms with van der Waals surface area (Å²) >= 11 is 0. The molecule has 0 aliphatic heterocycles. The van der Waals surface area contributed by atoms with Gasteiger partial charge in [-0.1, -0.05) is 44.9 Å². The molecule has 0 radical (unpaired) electrons. The molecular formula is C19H31N. The van der Waals surface area contributed by atoms with Crippen molar-refractivity contribution in [3.63, 3.8) is 0 Å². The summed E-state index contributed by atoms with van der Waals surface area (Å²) in [5.74, 6) is 0. The third-order valence-electron chi connectivity index (χ3n) is 5.38. The first-order chi connectivity index (χ1) is 9.63. The van der Waals surface area contributed by atoms with Crippen LogP contribution < -0.4 is 5.32 Å². The van der Waals surface area contributed by atoms with E-state index in [1.807, 2.05) is 0 Å². The van der Waals surface area contributed by atoms with Gasteiger partial charge in [-0.15, -0.1) is 0 Å². The molecule has 1 aliphatic rings. The number of hydrogen-bond donors (Lipinski definition) is 1. The molecule has 2 rings (SSSR count). The van der Waals surface area contributed by atoms with E-state index in [2.05, 4.69) is 51.2 Å². The van der Waals surface area contributed by atoms with E-state index in [0.717, 1.165) is 6.54 Å². The van der Waals surface area contributed by atoms with Crippen molar-refractivity contribution in [2.45, 2.75) is 72.3 Å². The molecule has 1 aliphatic carbocycles. The topological polar surface area (TPSA) is 12.0 Å². The van der Waals surface area contributed by atoms with E-state index in [1.54, 1.807) is 0 Å². The van der Waals surface area contributed by atoms with Gasteiger partial charge in [-0.3, -0.25) is 0 Å². The number of nitrogens with one attached hydrogen (secondary N) is 1. The van der Waals surface area contributed by atoms with Crippen LogP contribution in [-0.2, 0) is 0 Å². The molecule has 1 saturated carbocycles. The number of hydrogen-bond acceptors (Lipinski definition) is 1. The largest absolute Gasteiger partial charge is 0.309 e. The van der Waals surface area contributed by atoms with Gasteiger partial charge >= 0.3 is 0 Å². The van der Waals surface area contributed by atoms with E-state index in [4.69, 9.17) is 0 Å². The normalized spacial score (nSPS) is 19.2. The molecule has 0 saturated heterocycles. The predicted octanol–water partition coefficient (Wildman–Crippen LogP) is 5.31. The standard InChI is InChI=1S/C19H31N/c1-5-13-20-18(19(6-2)11-7-8-12-19)17-10-9-15(3)16(4)14-17/h9-10,14,18,20H,5-8,11-13H2,1-4H3. The summed E-state index contributed by atoms with van der Waals surface area (Å²) in [6.07, 6.45) is 8.09. The first kappa shape index (κ1) is 15.6. The van der Waals surface area contributed by atoms with Gasteiger partial charge < -0.3 is 5.32 Å². The monoisotopic (exact) mass is 273 g/mol. The quantitative estimate of drug-likeness (QED) is 0.740. The maximum absolute atomic E-state index is 3.87. The van der Waals surface area contributed by atoms with Gasteiger partial charge in [0.25, 0.3) is 0 Å². The summed E-state index contributed by atoms with van der Waals surface area (Å²) in [4.78, 5) is 0. The Labute approximate surface area is 125 Å². The minimum absolute atomic E-state index is 0.483. The Morgan fingerprint density at radius 3 is 2.35 bits per heavy atom. The lowest BCUT2D eigenvalue weighted by Gasteiger charge is -2.38. The highest BCUT2D eigenvalue weighted by molar-refractivity contribution is 5.33. The van der Waals surface area contributed by atoms with Crippen LogP contribution in [0.1, 0.15) is 75.1 Å². The summed E-state index contributed by atoms with van der Waals surface area (Å²) < 4.78 is 0. The molecule has 1 nitrogen and oxygen atoms in total. The fourth-order valence-corrected chi connectivity index (χ4v) is 3.85. The van der Waals surface area contributed by atoms with Crippen molar-refractivity contribution >= 4 is 0 Å². The van der Waals surface area contributed by atoms with Gasteiger partial charge in [0, 0.05) is 6.04 Å². The first-order valence-corrected chi connectivity index (χ1v) is 8.43. The third kappa shape index (κ3) is 3.09. The maximum atomic E-state index is 3.87. The average molecular weight is 273 g/mol. The molecule has 0 amide bonds. The van der Waals surface area contributed by atoms with Crippen molar-refractivity contribution in [2.75, 3.05) is 6.54 Å². The lowest BCUT2D eigenvalue weighted by molar-refractivity contribution is 0.187. The minimum atomic E-state index is 0.483. The zero-order chi connectivity index (χ0) is 14.6. The molecule has 1 aromatic carbocycles. The van der Waals surface area contributed by atoms with Gasteiger partial charge in [-0.25, -0.2) is 0 Å². The van der Waals surface area contributed by atoms with E-state index in [-0.39, 0.29) is 0 Å². The lowest BCUT2D eigenvalue weighted by atomic mass is 9.73. The molecule has 0 heterocycles. The smallest absolute Gasteiger partial charge is 0.0377 e. The van der Waals surface area contributed by atoms with Crippen LogP contribution in [-0.4, -0.2) is 6.54 Å². The van der Waals surface area contributed by atoms with Crippen LogP contribution in [0.15, 0.2) is 18.2 Å². The van der Waals surface area contributed by atoms with Crippen LogP contribution in [0, 0.1) is 19.3 Å². The van der Waals surface area contributed by atoms with E-state index in [9.17, 15) is 0 Å². The van der Waals surface area contributed by atoms with Gasteiger partial charge in [0.2, 0.25) is 0 Å². The van der Waals surface area contributed by atoms with Gasteiger partial charge in [-0.2, -0.15) is 0 Å². The molecule has 1 unspecified atom stereocenters. The van der Waals surface area contributed by atoms with Gasteiger partial charge in [-0.05, 0) is 68.2 Å². The van der Waals surface area contributed by atoms with Gasteiger partial charge in [0.1, 0.15) is 0 Å². The molecule has 1 N–H and O–H groups in total. The third-order valence-corrected chi connectivity index (χ3v) is 5.38. The molecule has 1 heteroatoms. The summed E-state index contributed by atoms with van der Waals surface area (Å²) in [6.45, 7) is 10.2. The Morgan fingerprint density at radius 1 is 1.10 bits per heavy atom. The van der Waals surface area contributed by atoms with Crippen LogP contribution in [0.2, 0.25) is 0 Å². The molecule has 112 valence electrons. The molecule has 0 bridgehead atoms. The Kier molecular flexibility index (Phi) is 5.26. The van der Waals surface area contributed by atoms with E-state index >= 15 is 0 Å². The molecule has 0 spiro atoms. The fourth-order valence-electron chi connectivity index (χ4n) is 3.85. The number of rotatable bonds is 6. The van der Waals surface area contributed by atoms with Crippen molar-refractivity contribution < 1.29 is 0 Å². The summed E-state index contributed by atoms with van der Waals surface area (Å²) in [6, 6.07) is 7.60. The highest BCUT2D eigenvalue weighted by Crippen LogP contribution is 2.50. The van der Waals surface area contributed by atoms with Crippen LogP contribution in [0.25, 0.3) is 0 Å². The number of benzene rings is 1. The SMILES string of the molecule is CCCNC(c1ccc(C)c(C)c1)C1(CC)CCCC1. The van der Waals surface area contributed by atoms with Crippen LogP contribution in [0.5, 0.6) is 0 Å². The molecule has 1 fully saturated rings. The molecule has 1 atom stereocenters. The Hall–Kier alpha value is -0.820. The zero-order valence-electron chi connectivity index (χ0n) is 13.8. The van der Waals surface area contributed by atoms with E-state index in [0.29, 0.717) is 11.5 Å². The van der Waals surface area contributed by atoms with Crippen molar-refractivity contribution in [1.29, 1.82) is 0 Å². The Bertz CT molecular complexity index is 429. The highest BCUT2D eigenvalue weighted by atomic mass is 14.9. The lowest BCUT2D eigenvalue weighted by Crippen LogP contribution is -2.36. The van der Waals surface area contributed by atoms with Crippen LogP contribution in [0.3, 0.4) is 0 Å². The Balaban J connectivity index is 2.32. The van der Waals surface area contributed by atoms with E-state index < -0.39 is 0 Å². The molecule has 1 aromatic rings. The predicted molar refractivity (Wildman–Crippen MR) is 88.1 cm³/mol. The second kappa shape index (κ2) is 6.76. The zero-order valence-corrected chi connectivity index (χ0v) is 13.8. The van der Waals surface area contributed by atoms with Gasteiger partial charge in [0.15, 0.2) is 0 Å². The van der Waals surface area contributed by atoms with Crippen LogP contribution in [0.4, 0.5) is 0 Å². The van der Waals surface area contributed by atoms with Gasteiger partial charge in [0.05, 0.1) is 0 Å². The average Bonchev–Trinajstić information content (AvgIpc) is 2.93. The molecule has 20 heavy (non-hydrogen) atoms. The second-order valence-corrected chi connectivity index (χ2v) is 6.65.